The second-order valence-corrected chi connectivity index (χ2v) is 8.51. The molecule has 11 heteroatoms. The number of quaternary nitrogens is 2. The van der Waals surface area contributed by atoms with E-state index in [0.717, 1.165) is 11.0 Å². The number of hydrogen-bond acceptors (Lipinski definition) is 8. The molecule has 2 atom stereocenters. The lowest BCUT2D eigenvalue weighted by atomic mass is 10.2. The van der Waals surface area contributed by atoms with Crippen LogP contribution in [0.2, 0.25) is 0 Å². The standard InChI is InChI=1S/C7H15NO3.C5H14NO.C3H8O3.C3H8O2/c1-8(2,3)5-6(9)4-7(10)11;1-6(2,3)4-5-7;4-1-3(6)2-5;1-3(5)2-4/h6,9H,4-5H2,1-3H3;7H,4-5H2,1-3H3;3-6H,1-2H2;3-5H,2H2,1H3/q;+1;;/p+1. The van der Waals surface area contributed by atoms with E-state index in [1.807, 2.05) is 21.1 Å². The Morgan fingerprint density at radius 3 is 1.24 bits per heavy atom. The summed E-state index contributed by atoms with van der Waals surface area (Å²) < 4.78 is 1.42. The van der Waals surface area contributed by atoms with Crippen molar-refractivity contribution in [2.45, 2.75) is 31.7 Å². The first-order valence-electron chi connectivity index (χ1n) is 9.26. The van der Waals surface area contributed by atoms with Gasteiger partial charge in [-0.15, -0.1) is 0 Å². The Balaban J connectivity index is -0.000000152. The van der Waals surface area contributed by atoms with Crippen molar-refractivity contribution >= 4 is 5.97 Å². The van der Waals surface area contributed by atoms with Crippen molar-refractivity contribution in [3.63, 3.8) is 0 Å². The van der Waals surface area contributed by atoms with Crippen molar-refractivity contribution in [1.29, 1.82) is 0 Å². The Labute approximate surface area is 174 Å². The van der Waals surface area contributed by atoms with E-state index >= 15 is 0 Å². The van der Waals surface area contributed by atoms with Gasteiger partial charge in [0.2, 0.25) is 0 Å². The fraction of sp³-hybridized carbons (Fsp3) is 0.944. The van der Waals surface area contributed by atoms with Crippen molar-refractivity contribution in [1.82, 2.24) is 0 Å². The highest BCUT2D eigenvalue weighted by Crippen LogP contribution is 1.98. The van der Waals surface area contributed by atoms with E-state index in [4.69, 9.17) is 40.9 Å². The first-order valence-corrected chi connectivity index (χ1v) is 9.26. The molecule has 0 aromatic heterocycles. The summed E-state index contributed by atoms with van der Waals surface area (Å²) >= 11 is 0. The fourth-order valence-electron chi connectivity index (χ4n) is 1.26. The summed E-state index contributed by atoms with van der Waals surface area (Å²) in [6.45, 7) is 2.24. The number of hydrogen-bond donors (Lipinski definition) is 8. The molecule has 0 aromatic carbocycles. The summed E-state index contributed by atoms with van der Waals surface area (Å²) in [5, 5.41) is 65.9. The molecular weight excluding hydrogens is 388 g/mol. The summed E-state index contributed by atoms with van der Waals surface area (Å²) in [5.41, 5.74) is 0. The van der Waals surface area contributed by atoms with Crippen LogP contribution in [0.1, 0.15) is 13.3 Å². The fourth-order valence-corrected chi connectivity index (χ4v) is 1.26. The van der Waals surface area contributed by atoms with Gasteiger partial charge in [0, 0.05) is 0 Å². The lowest BCUT2D eigenvalue weighted by Gasteiger charge is -2.25. The maximum atomic E-state index is 10.1. The van der Waals surface area contributed by atoms with Crippen LogP contribution < -0.4 is 0 Å². The van der Waals surface area contributed by atoms with Crippen LogP contribution in [0.4, 0.5) is 0 Å². The van der Waals surface area contributed by atoms with Crippen LogP contribution in [0.3, 0.4) is 0 Å². The molecule has 2 unspecified atom stereocenters. The molecule has 0 amide bonds. The molecule has 0 saturated heterocycles. The lowest BCUT2D eigenvalue weighted by molar-refractivity contribution is -0.873. The Morgan fingerprint density at radius 1 is 0.759 bits per heavy atom. The molecule has 0 aromatic rings. The zero-order chi connectivity index (χ0) is 24.3. The van der Waals surface area contributed by atoms with Gasteiger partial charge in [0.05, 0.1) is 81.2 Å². The second-order valence-electron chi connectivity index (χ2n) is 8.51. The minimum Gasteiger partial charge on any atom is -0.481 e. The summed E-state index contributed by atoms with van der Waals surface area (Å²) in [5.74, 6) is -0.953. The number of likely N-dealkylation sites (N-methyl/N-ethyl adjacent to an activating group) is 2. The van der Waals surface area contributed by atoms with Crippen molar-refractivity contribution in [3.8, 4) is 0 Å². The summed E-state index contributed by atoms with van der Waals surface area (Å²) in [4.78, 5) is 10.1. The molecule has 0 aliphatic rings. The number of aliphatic hydroxyl groups is 7. The van der Waals surface area contributed by atoms with Gasteiger partial charge in [0.1, 0.15) is 25.3 Å². The third-order valence-corrected chi connectivity index (χ3v) is 2.63. The van der Waals surface area contributed by atoms with Gasteiger partial charge in [0.25, 0.3) is 0 Å². The molecule has 0 radical (unpaired) electrons. The Kier molecular flexibility index (Phi) is 25.0. The number of aliphatic carboxylic acids is 1. The van der Waals surface area contributed by atoms with E-state index < -0.39 is 24.3 Å². The Bertz CT molecular complexity index is 352. The zero-order valence-electron chi connectivity index (χ0n) is 19.1. The van der Waals surface area contributed by atoms with Gasteiger partial charge in [-0.05, 0) is 6.92 Å². The molecule has 0 rings (SSSR count). The monoisotopic (exact) mass is 434 g/mol. The number of carboxylic acid groups (broad SMARTS) is 1. The van der Waals surface area contributed by atoms with Gasteiger partial charge in [-0.2, -0.15) is 0 Å². The average Bonchev–Trinajstić information content (AvgIpc) is 2.52. The van der Waals surface area contributed by atoms with Crippen LogP contribution >= 0.6 is 0 Å². The first kappa shape index (κ1) is 35.5. The van der Waals surface area contributed by atoms with E-state index in [0.29, 0.717) is 11.0 Å². The van der Waals surface area contributed by atoms with Crippen LogP contribution in [0.25, 0.3) is 0 Å². The van der Waals surface area contributed by atoms with E-state index in [-0.39, 0.29) is 32.8 Å². The third-order valence-electron chi connectivity index (χ3n) is 2.63. The van der Waals surface area contributed by atoms with Crippen molar-refractivity contribution in [3.05, 3.63) is 0 Å². The lowest BCUT2D eigenvalue weighted by Crippen LogP contribution is -2.42. The smallest absolute Gasteiger partial charge is 0.306 e. The topological polar surface area (TPSA) is 179 Å². The molecule has 0 aliphatic heterocycles. The number of carbonyl (C=O) groups is 1. The van der Waals surface area contributed by atoms with E-state index in [9.17, 15) is 4.79 Å². The third kappa shape index (κ3) is 52.1. The maximum absolute atomic E-state index is 10.1. The first-order chi connectivity index (χ1) is 12.9. The Hall–Kier alpha value is -0.890. The van der Waals surface area contributed by atoms with Gasteiger partial charge in [-0.1, -0.05) is 0 Å². The summed E-state index contributed by atoms with van der Waals surface area (Å²) in [6.07, 6.45) is -2.43. The normalized spacial score (nSPS) is 13.1. The zero-order valence-corrected chi connectivity index (χ0v) is 19.1. The molecule has 11 nitrogen and oxygen atoms in total. The minimum absolute atomic E-state index is 0.139. The summed E-state index contributed by atoms with van der Waals surface area (Å²) in [7, 11) is 11.9. The van der Waals surface area contributed by atoms with Gasteiger partial charge >= 0.3 is 5.97 Å². The predicted octanol–water partition coefficient (Wildman–Crippen LogP) is -3.10. The molecular formula is C18H46N2O9+2. The average molecular weight is 435 g/mol. The molecule has 0 bridgehead atoms. The minimum atomic E-state index is -0.954. The van der Waals surface area contributed by atoms with Crippen LogP contribution in [-0.4, -0.2) is 156 Å². The van der Waals surface area contributed by atoms with Gasteiger partial charge in [0.15, 0.2) is 0 Å². The highest BCUT2D eigenvalue weighted by molar-refractivity contribution is 5.67. The molecule has 0 fully saturated rings. The summed E-state index contributed by atoms with van der Waals surface area (Å²) in [6, 6.07) is 0. The molecule has 29 heavy (non-hydrogen) atoms. The largest absolute Gasteiger partial charge is 0.481 e. The number of nitrogens with zero attached hydrogens (tertiary/aromatic N) is 2. The van der Waals surface area contributed by atoms with Crippen molar-refractivity contribution in [2.75, 3.05) is 81.8 Å². The van der Waals surface area contributed by atoms with Crippen molar-refractivity contribution < 1.29 is 54.6 Å². The maximum Gasteiger partial charge on any atom is 0.306 e. The molecule has 8 N–H and O–H groups in total. The second kappa shape index (κ2) is 20.4. The quantitative estimate of drug-likeness (QED) is 0.175. The van der Waals surface area contributed by atoms with Crippen LogP contribution in [-0.2, 0) is 4.79 Å². The van der Waals surface area contributed by atoms with E-state index in [1.54, 1.807) is 0 Å². The number of rotatable bonds is 9. The predicted molar refractivity (Wildman–Crippen MR) is 110 cm³/mol. The van der Waals surface area contributed by atoms with E-state index in [1.165, 1.54) is 6.92 Å². The van der Waals surface area contributed by atoms with Crippen LogP contribution in [0, 0.1) is 0 Å². The molecule has 0 saturated carbocycles. The van der Waals surface area contributed by atoms with Crippen molar-refractivity contribution in [2.24, 2.45) is 0 Å². The van der Waals surface area contributed by atoms with Crippen LogP contribution in [0.5, 0.6) is 0 Å². The molecule has 0 heterocycles. The highest BCUT2D eigenvalue weighted by atomic mass is 16.4. The van der Waals surface area contributed by atoms with Gasteiger partial charge < -0.3 is 49.8 Å². The molecule has 0 aliphatic carbocycles. The molecule has 180 valence electrons. The van der Waals surface area contributed by atoms with Gasteiger partial charge in [-0.3, -0.25) is 4.79 Å². The van der Waals surface area contributed by atoms with Crippen LogP contribution in [0.15, 0.2) is 0 Å². The molecule has 0 spiro atoms. The number of carboxylic acids is 1. The van der Waals surface area contributed by atoms with E-state index in [2.05, 4.69) is 21.1 Å². The van der Waals surface area contributed by atoms with Gasteiger partial charge in [-0.25, -0.2) is 0 Å². The SMILES string of the molecule is CC(O)CO.C[N+](C)(C)CC(O)CC(=O)O.C[N+](C)(C)CCO.OCC(O)CO. The Morgan fingerprint density at radius 2 is 1.14 bits per heavy atom. The number of aliphatic hydroxyl groups excluding tert-OH is 7. The highest BCUT2D eigenvalue weighted by Gasteiger charge is 2.17.